The van der Waals surface area contributed by atoms with Crippen LogP contribution in [-0.4, -0.2) is 33.2 Å². The Hall–Kier alpha value is -0.930. The first-order valence-corrected chi connectivity index (χ1v) is 6.83. The number of ether oxygens (including phenoxy) is 2. The van der Waals surface area contributed by atoms with Gasteiger partial charge < -0.3 is 14.8 Å². The number of benzene rings is 1. The molecule has 0 unspecified atom stereocenters. The Kier molecular flexibility index (Phi) is 7.62. The second kappa shape index (κ2) is 9.06. The highest BCUT2D eigenvalue weighted by molar-refractivity contribution is 6.17. The molecule has 0 amide bonds. The molecular weight excluding hydrogens is 250 g/mol. The number of rotatable bonds is 9. The minimum atomic E-state index is 0.725. The van der Waals surface area contributed by atoms with E-state index in [-0.39, 0.29) is 0 Å². The topological polar surface area (TPSA) is 30.5 Å². The number of alkyl halides is 1. The fourth-order valence-electron chi connectivity index (χ4n) is 1.77. The van der Waals surface area contributed by atoms with Crippen LogP contribution in [-0.2, 0) is 6.42 Å². The van der Waals surface area contributed by atoms with Crippen LogP contribution in [0.25, 0.3) is 0 Å². The van der Waals surface area contributed by atoms with E-state index in [9.17, 15) is 0 Å². The lowest BCUT2D eigenvalue weighted by Crippen LogP contribution is -2.17. The number of hydrogen-bond acceptors (Lipinski definition) is 3. The van der Waals surface area contributed by atoms with Gasteiger partial charge >= 0.3 is 0 Å². The van der Waals surface area contributed by atoms with Crippen molar-refractivity contribution < 1.29 is 9.47 Å². The highest BCUT2D eigenvalue weighted by atomic mass is 35.5. The van der Waals surface area contributed by atoms with Crippen LogP contribution in [0.3, 0.4) is 0 Å². The number of nitrogens with one attached hydrogen (secondary N) is 1. The van der Waals surface area contributed by atoms with Gasteiger partial charge in [-0.15, -0.1) is 11.6 Å². The second-order valence-corrected chi connectivity index (χ2v) is 4.46. The highest BCUT2D eigenvalue weighted by Gasteiger charge is 2.04. The van der Waals surface area contributed by atoms with Gasteiger partial charge in [-0.05, 0) is 50.0 Å². The van der Waals surface area contributed by atoms with Gasteiger partial charge in [-0.2, -0.15) is 0 Å². The van der Waals surface area contributed by atoms with Gasteiger partial charge in [0.05, 0.1) is 14.2 Å². The van der Waals surface area contributed by atoms with E-state index < -0.39 is 0 Å². The van der Waals surface area contributed by atoms with Crippen molar-refractivity contribution in [2.75, 3.05) is 33.2 Å². The Bertz CT molecular complexity index is 345. The summed E-state index contributed by atoms with van der Waals surface area (Å²) in [4.78, 5) is 0. The third kappa shape index (κ3) is 5.15. The summed E-state index contributed by atoms with van der Waals surface area (Å²) in [6.07, 6.45) is 3.17. The van der Waals surface area contributed by atoms with Crippen LogP contribution in [0.5, 0.6) is 11.5 Å². The SMILES string of the molecule is COc1ccc(CCCNCCCCl)cc1OC. The lowest BCUT2D eigenvalue weighted by atomic mass is 10.1. The van der Waals surface area contributed by atoms with Crippen molar-refractivity contribution in [3.63, 3.8) is 0 Å². The molecule has 1 aromatic carbocycles. The number of aryl methyl sites for hydroxylation is 1. The van der Waals surface area contributed by atoms with Crippen molar-refractivity contribution in [1.29, 1.82) is 0 Å². The van der Waals surface area contributed by atoms with E-state index in [1.165, 1.54) is 5.56 Å². The first-order chi connectivity index (χ1) is 8.81. The van der Waals surface area contributed by atoms with Crippen LogP contribution in [0.15, 0.2) is 18.2 Å². The first-order valence-electron chi connectivity index (χ1n) is 6.29. The number of halogens is 1. The predicted octanol–water partition coefficient (Wildman–Crippen LogP) is 2.85. The third-order valence-corrected chi connectivity index (χ3v) is 3.02. The molecule has 0 heterocycles. The maximum atomic E-state index is 5.61. The monoisotopic (exact) mass is 271 g/mol. The zero-order chi connectivity index (χ0) is 13.2. The molecule has 0 bridgehead atoms. The molecule has 1 aromatic rings. The van der Waals surface area contributed by atoms with E-state index in [4.69, 9.17) is 21.1 Å². The molecule has 0 atom stereocenters. The van der Waals surface area contributed by atoms with E-state index >= 15 is 0 Å². The maximum absolute atomic E-state index is 5.61. The molecular formula is C14H22ClNO2. The molecule has 0 aliphatic rings. The van der Waals surface area contributed by atoms with Gasteiger partial charge in [0.25, 0.3) is 0 Å². The van der Waals surface area contributed by atoms with Crippen LogP contribution in [0.1, 0.15) is 18.4 Å². The van der Waals surface area contributed by atoms with Gasteiger partial charge in [-0.25, -0.2) is 0 Å². The molecule has 0 radical (unpaired) electrons. The van der Waals surface area contributed by atoms with Crippen molar-refractivity contribution in [3.8, 4) is 11.5 Å². The molecule has 0 saturated carbocycles. The number of hydrogen-bond donors (Lipinski definition) is 1. The van der Waals surface area contributed by atoms with Crippen LogP contribution in [0, 0.1) is 0 Å². The summed E-state index contributed by atoms with van der Waals surface area (Å²) in [7, 11) is 3.31. The molecule has 0 aliphatic heterocycles. The van der Waals surface area contributed by atoms with Gasteiger partial charge in [0.1, 0.15) is 0 Å². The first kappa shape index (κ1) is 15.1. The van der Waals surface area contributed by atoms with E-state index in [0.29, 0.717) is 0 Å². The Balaban J connectivity index is 2.34. The summed E-state index contributed by atoms with van der Waals surface area (Å²) in [5.74, 6) is 2.30. The summed E-state index contributed by atoms with van der Waals surface area (Å²) in [5.41, 5.74) is 1.27. The fourth-order valence-corrected chi connectivity index (χ4v) is 1.90. The zero-order valence-electron chi connectivity index (χ0n) is 11.2. The predicted molar refractivity (Wildman–Crippen MR) is 76.1 cm³/mol. The Morgan fingerprint density at radius 2 is 1.78 bits per heavy atom. The fraction of sp³-hybridized carbons (Fsp3) is 0.571. The standard InChI is InChI=1S/C14H22ClNO2/c1-17-13-7-6-12(11-14(13)18-2)5-3-9-16-10-4-8-15/h6-7,11,16H,3-5,8-10H2,1-2H3. The lowest BCUT2D eigenvalue weighted by molar-refractivity contribution is 0.354. The summed E-state index contributed by atoms with van der Waals surface area (Å²) in [5, 5.41) is 3.37. The third-order valence-electron chi connectivity index (χ3n) is 2.75. The summed E-state index contributed by atoms with van der Waals surface area (Å²) < 4.78 is 10.5. The van der Waals surface area contributed by atoms with Gasteiger partial charge in [-0.3, -0.25) is 0 Å². The largest absolute Gasteiger partial charge is 0.493 e. The lowest BCUT2D eigenvalue weighted by Gasteiger charge is -2.09. The van der Waals surface area contributed by atoms with E-state index in [2.05, 4.69) is 11.4 Å². The Labute approximate surface area is 114 Å². The summed E-state index contributed by atoms with van der Waals surface area (Å²) in [6.45, 7) is 2.01. The average Bonchev–Trinajstić information content (AvgIpc) is 2.42. The molecule has 18 heavy (non-hydrogen) atoms. The van der Waals surface area contributed by atoms with E-state index in [0.717, 1.165) is 49.7 Å². The molecule has 0 aromatic heterocycles. The van der Waals surface area contributed by atoms with Gasteiger partial charge in [0, 0.05) is 5.88 Å². The van der Waals surface area contributed by atoms with E-state index in [1.807, 2.05) is 12.1 Å². The van der Waals surface area contributed by atoms with Gasteiger partial charge in [0.2, 0.25) is 0 Å². The molecule has 0 spiro atoms. The van der Waals surface area contributed by atoms with Gasteiger partial charge in [-0.1, -0.05) is 6.07 Å². The van der Waals surface area contributed by atoms with Crippen molar-refractivity contribution in [2.45, 2.75) is 19.3 Å². The zero-order valence-corrected chi connectivity index (χ0v) is 11.9. The Morgan fingerprint density at radius 3 is 2.44 bits per heavy atom. The highest BCUT2D eigenvalue weighted by Crippen LogP contribution is 2.27. The van der Waals surface area contributed by atoms with Crippen molar-refractivity contribution >= 4 is 11.6 Å². The molecule has 4 heteroatoms. The molecule has 3 nitrogen and oxygen atoms in total. The van der Waals surface area contributed by atoms with E-state index in [1.54, 1.807) is 14.2 Å². The van der Waals surface area contributed by atoms with Crippen LogP contribution < -0.4 is 14.8 Å². The average molecular weight is 272 g/mol. The maximum Gasteiger partial charge on any atom is 0.160 e. The van der Waals surface area contributed by atoms with Crippen LogP contribution >= 0.6 is 11.6 Å². The minimum Gasteiger partial charge on any atom is -0.493 e. The minimum absolute atomic E-state index is 0.725. The quantitative estimate of drug-likeness (QED) is 0.553. The normalized spacial score (nSPS) is 10.4. The number of methoxy groups -OCH3 is 2. The van der Waals surface area contributed by atoms with Gasteiger partial charge in [0.15, 0.2) is 11.5 Å². The molecule has 1 N–H and O–H groups in total. The molecule has 0 aliphatic carbocycles. The Morgan fingerprint density at radius 1 is 1.06 bits per heavy atom. The molecule has 0 fully saturated rings. The molecule has 102 valence electrons. The van der Waals surface area contributed by atoms with Crippen LogP contribution in [0.4, 0.5) is 0 Å². The molecule has 0 saturated heterocycles. The van der Waals surface area contributed by atoms with Crippen LogP contribution in [0.2, 0.25) is 0 Å². The van der Waals surface area contributed by atoms with Crippen molar-refractivity contribution in [2.24, 2.45) is 0 Å². The van der Waals surface area contributed by atoms with Crippen molar-refractivity contribution in [1.82, 2.24) is 5.32 Å². The molecule has 1 rings (SSSR count). The second-order valence-electron chi connectivity index (χ2n) is 4.09. The summed E-state index contributed by atoms with van der Waals surface area (Å²) >= 11 is 5.61. The summed E-state index contributed by atoms with van der Waals surface area (Å²) in [6, 6.07) is 6.08. The smallest absolute Gasteiger partial charge is 0.160 e. The van der Waals surface area contributed by atoms with Crippen molar-refractivity contribution in [3.05, 3.63) is 23.8 Å².